The Morgan fingerprint density at radius 2 is 1.68 bits per heavy atom. The second kappa shape index (κ2) is 28.1. The van der Waals surface area contributed by atoms with E-state index in [4.69, 9.17) is 22.1 Å². The zero-order valence-electron chi connectivity index (χ0n) is 22.7. The van der Waals surface area contributed by atoms with Crippen molar-refractivity contribution < 1.29 is 66.0 Å². The summed E-state index contributed by atoms with van der Waals surface area (Å²) in [6.45, 7) is 20.2. The number of allylic oxidation sites excluding steroid dienone is 1. The van der Waals surface area contributed by atoms with Crippen LogP contribution in [0.5, 0.6) is 0 Å². The van der Waals surface area contributed by atoms with Crippen molar-refractivity contribution in [1.29, 1.82) is 10.5 Å². The number of rotatable bonds is 2. The Hall–Kier alpha value is -1.15. The van der Waals surface area contributed by atoms with Crippen molar-refractivity contribution in [3.63, 3.8) is 0 Å². The number of carbonyl (C=O) groups excluding carboxylic acids is 1. The van der Waals surface area contributed by atoms with Crippen LogP contribution in [0.25, 0.3) is 0 Å². The molecule has 0 saturated heterocycles. The summed E-state index contributed by atoms with van der Waals surface area (Å²) in [5.41, 5.74) is 9.71. The summed E-state index contributed by atoms with van der Waals surface area (Å²) in [7, 11) is 0. The maximum atomic E-state index is 9.48. The average Bonchev–Trinajstić information content (AvgIpc) is 3.08. The molecule has 1 heterocycles. The summed E-state index contributed by atoms with van der Waals surface area (Å²) >= 11 is 0. The van der Waals surface area contributed by atoms with Crippen molar-refractivity contribution in [1.82, 2.24) is 15.2 Å². The number of halogens is 1. The van der Waals surface area contributed by atoms with Gasteiger partial charge in [-0.25, -0.2) is 4.68 Å². The zero-order valence-corrected chi connectivity index (χ0v) is 26.7. The minimum Gasteiger partial charge on any atom is -0.877 e. The second-order valence-corrected chi connectivity index (χ2v) is 8.17. The second-order valence-electron chi connectivity index (χ2n) is 8.17. The van der Waals surface area contributed by atoms with Crippen molar-refractivity contribution in [2.75, 3.05) is 12.3 Å². The molecule has 192 valence electrons. The van der Waals surface area contributed by atoms with Crippen molar-refractivity contribution in [2.24, 2.45) is 5.84 Å². The molecule has 0 saturated carbocycles. The normalized spacial score (nSPS) is 9.38. The van der Waals surface area contributed by atoms with E-state index in [2.05, 4.69) is 36.0 Å². The molecule has 0 aliphatic rings. The molecule has 0 bridgehead atoms. The predicted octanol–water partition coefficient (Wildman–Crippen LogP) is 0.0761. The molecule has 0 unspecified atom stereocenters. The summed E-state index contributed by atoms with van der Waals surface area (Å²) in [6.07, 6.45) is 2.95. The van der Waals surface area contributed by atoms with Gasteiger partial charge in [-0.2, -0.15) is 15.6 Å². The van der Waals surface area contributed by atoms with E-state index in [1.165, 1.54) is 6.92 Å². The number of hydrazine groups is 1. The van der Waals surface area contributed by atoms with Gasteiger partial charge in [0.05, 0.1) is 30.5 Å². The first-order valence-electron chi connectivity index (χ1n) is 10.0. The van der Waals surface area contributed by atoms with E-state index in [-0.39, 0.29) is 80.4 Å². The van der Waals surface area contributed by atoms with Crippen LogP contribution in [0.2, 0.25) is 0 Å². The minimum atomic E-state index is -0.0155. The van der Waals surface area contributed by atoms with Gasteiger partial charge in [-0.15, -0.1) is 18.7 Å². The molecule has 34 heavy (non-hydrogen) atoms. The molecule has 12 heteroatoms. The van der Waals surface area contributed by atoms with Crippen LogP contribution in [-0.4, -0.2) is 28.4 Å². The van der Waals surface area contributed by atoms with Gasteiger partial charge in [0.15, 0.2) is 0 Å². The Kier molecular flexibility index (Phi) is 38.2. The van der Waals surface area contributed by atoms with Crippen LogP contribution in [0.3, 0.4) is 0 Å². The zero-order chi connectivity index (χ0) is 26.4. The number of aromatic nitrogens is 2. The Morgan fingerprint density at radius 1 is 1.26 bits per heavy atom. The first kappa shape index (κ1) is 46.2. The van der Waals surface area contributed by atoms with Gasteiger partial charge < -0.3 is 15.6 Å². The minimum absolute atomic E-state index is 0. The SMILES string of the molecule is C/C(C#N)=C\[O-].CC(C)(C)NN.CCC#N.CCOC=O.Cc1cnn(C(C)(C)C)c1N.Cl.[K+]. The first-order chi connectivity index (χ1) is 14.6. The summed E-state index contributed by atoms with van der Waals surface area (Å²) in [6, 6.07) is 3.59. The van der Waals surface area contributed by atoms with Crippen LogP contribution >= 0.6 is 12.4 Å². The summed E-state index contributed by atoms with van der Waals surface area (Å²) in [4.78, 5) is 9.18. The van der Waals surface area contributed by atoms with Crippen LogP contribution in [-0.2, 0) is 15.1 Å². The van der Waals surface area contributed by atoms with Gasteiger partial charge in [-0.3, -0.25) is 16.1 Å². The molecule has 0 spiro atoms. The molecular weight excluding hydrogens is 485 g/mol. The van der Waals surface area contributed by atoms with Gasteiger partial charge in [0.25, 0.3) is 6.47 Å². The van der Waals surface area contributed by atoms with Crippen LogP contribution in [0, 0.1) is 29.6 Å². The molecule has 1 aromatic rings. The molecule has 0 aliphatic carbocycles. The quantitative estimate of drug-likeness (QED) is 0.120. The number of hydrogen-bond donors (Lipinski definition) is 3. The standard InChI is InChI=1S/C8H15N3.C4H12N2.C4H5NO.C3H5N.C3H6O2.ClH.K/c1-6-5-10-11(7(6)9)8(2,3)4;1-4(2,3)6-5;1-4(2-5)3-6;1-2-3-4;1-2-5-3-4;;/h5H,9H2,1-4H3;6H,5H2,1-3H3;3,6H,1H3;2H2,1H3;3H,2H2,1H3;1H;/q;;;;;;+1/p-1/b;;4-3+;;;;. The van der Waals surface area contributed by atoms with Gasteiger partial charge in [0.2, 0.25) is 0 Å². The van der Waals surface area contributed by atoms with E-state index in [9.17, 15) is 9.90 Å². The number of nitrogens with two attached hydrogens (primary N) is 2. The fraction of sp³-hybridized carbons (Fsp3) is 0.636. The van der Waals surface area contributed by atoms with E-state index in [1.807, 2.05) is 45.4 Å². The number of hydrogen-bond acceptors (Lipinski definition) is 9. The third-order valence-electron chi connectivity index (χ3n) is 2.81. The van der Waals surface area contributed by atoms with Crippen LogP contribution < -0.4 is 73.5 Å². The largest absolute Gasteiger partial charge is 1.00 e. The fourth-order valence-corrected chi connectivity index (χ4v) is 1.07. The van der Waals surface area contributed by atoms with Gasteiger partial charge >= 0.3 is 51.4 Å². The molecule has 0 atom stereocenters. The van der Waals surface area contributed by atoms with Crippen LogP contribution in [0.4, 0.5) is 5.82 Å². The molecule has 0 fully saturated rings. The molecule has 0 radical (unpaired) electrons. The van der Waals surface area contributed by atoms with Crippen molar-refractivity contribution in [2.45, 2.75) is 86.7 Å². The molecule has 0 amide bonds. The number of nitrogens with one attached hydrogen (secondary N) is 1. The van der Waals surface area contributed by atoms with Crippen LogP contribution in [0.15, 0.2) is 18.0 Å². The maximum absolute atomic E-state index is 9.48. The monoisotopic (exact) mass is 527 g/mol. The third-order valence-corrected chi connectivity index (χ3v) is 2.81. The van der Waals surface area contributed by atoms with E-state index in [1.54, 1.807) is 19.2 Å². The van der Waals surface area contributed by atoms with E-state index < -0.39 is 0 Å². The molecule has 1 rings (SSSR count). The fourth-order valence-electron chi connectivity index (χ4n) is 1.07. The first-order valence-corrected chi connectivity index (χ1v) is 10.0. The van der Waals surface area contributed by atoms with Crippen molar-refractivity contribution >= 4 is 24.7 Å². The molecule has 5 N–H and O–H groups in total. The molecule has 10 nitrogen and oxygen atoms in total. The number of ether oxygens (including phenoxy) is 1. The van der Waals surface area contributed by atoms with Gasteiger partial charge in [0.1, 0.15) is 5.82 Å². The van der Waals surface area contributed by atoms with Gasteiger partial charge in [-0.1, -0.05) is 6.92 Å². The summed E-state index contributed by atoms with van der Waals surface area (Å²) in [5, 5.41) is 29.1. The van der Waals surface area contributed by atoms with E-state index in [0.29, 0.717) is 25.8 Å². The maximum Gasteiger partial charge on any atom is 1.00 e. The Labute approximate surface area is 254 Å². The predicted molar refractivity (Wildman–Crippen MR) is 134 cm³/mol. The number of anilines is 1. The van der Waals surface area contributed by atoms with Crippen LogP contribution in [0.1, 0.15) is 74.3 Å². The number of nitriles is 2. The number of carbonyl (C=O) groups is 1. The Morgan fingerprint density at radius 3 is 1.74 bits per heavy atom. The van der Waals surface area contributed by atoms with Gasteiger partial charge in [-0.05, 0) is 62.3 Å². The molecule has 1 aromatic heterocycles. The Balaban J connectivity index is -0.0000000751. The number of nitrogens with zero attached hydrogens (tertiary/aromatic N) is 4. The van der Waals surface area contributed by atoms with E-state index >= 15 is 0 Å². The molecule has 0 aromatic carbocycles. The van der Waals surface area contributed by atoms with E-state index in [0.717, 1.165) is 11.4 Å². The Bertz CT molecular complexity index is 714. The number of nitrogen functional groups attached to an aromatic ring is 1. The third kappa shape index (κ3) is 35.4. The average molecular weight is 528 g/mol. The summed E-state index contributed by atoms with van der Waals surface area (Å²) < 4.78 is 5.99. The van der Waals surface area contributed by atoms with Crippen molar-refractivity contribution in [3.05, 3.63) is 23.6 Å². The molecule has 0 aliphatic heterocycles. The summed E-state index contributed by atoms with van der Waals surface area (Å²) in [5.74, 6) is 5.82. The van der Waals surface area contributed by atoms with Gasteiger partial charge in [0, 0.05) is 23.1 Å². The van der Waals surface area contributed by atoms with Crippen molar-refractivity contribution in [3.8, 4) is 12.1 Å². The smallest absolute Gasteiger partial charge is 0.877 e. The topological polar surface area (TPSA) is 179 Å². The number of aryl methyl sites for hydroxylation is 1. The molecular formula is C22H43ClKN7O3.